The molecular weight excluding hydrogens is 232 g/mol. The zero-order chi connectivity index (χ0) is 13.5. The van der Waals surface area contributed by atoms with E-state index >= 15 is 0 Å². The molecule has 18 heavy (non-hydrogen) atoms. The summed E-state index contributed by atoms with van der Waals surface area (Å²) in [5.41, 5.74) is 0.387. The quantitative estimate of drug-likeness (QED) is 0.602. The van der Waals surface area contributed by atoms with Crippen LogP contribution in [-0.2, 0) is 4.74 Å². The number of rotatable bonds is 5. The van der Waals surface area contributed by atoms with Gasteiger partial charge in [0.2, 0.25) is 0 Å². The maximum Gasteiger partial charge on any atom is 0.338 e. The second-order valence-electron chi connectivity index (χ2n) is 3.82. The van der Waals surface area contributed by atoms with Crippen molar-refractivity contribution in [3.63, 3.8) is 0 Å². The maximum absolute atomic E-state index is 11.8. The van der Waals surface area contributed by atoms with Crippen LogP contribution in [0.1, 0.15) is 23.7 Å². The Morgan fingerprint density at radius 2 is 2.00 bits per heavy atom. The molecule has 3 atom stereocenters. The van der Waals surface area contributed by atoms with Gasteiger partial charge in [0, 0.05) is 0 Å². The third-order valence-electron chi connectivity index (χ3n) is 2.55. The van der Waals surface area contributed by atoms with E-state index in [2.05, 4.69) is 0 Å². The van der Waals surface area contributed by atoms with Gasteiger partial charge in [0.25, 0.3) is 0 Å². The van der Waals surface area contributed by atoms with Crippen molar-refractivity contribution in [3.8, 4) is 12.3 Å². The summed E-state index contributed by atoms with van der Waals surface area (Å²) < 4.78 is 5.13. The predicted octanol–water partition coefficient (Wildman–Crippen LogP) is 0.977. The van der Waals surface area contributed by atoms with Gasteiger partial charge < -0.3 is 14.9 Å². The van der Waals surface area contributed by atoms with Crippen LogP contribution >= 0.6 is 0 Å². The van der Waals surface area contributed by atoms with E-state index in [0.717, 1.165) is 0 Å². The smallest absolute Gasteiger partial charge is 0.338 e. The van der Waals surface area contributed by atoms with Crippen molar-refractivity contribution in [1.82, 2.24) is 0 Å². The molecule has 0 fully saturated rings. The van der Waals surface area contributed by atoms with Crippen LogP contribution in [0.15, 0.2) is 30.3 Å². The molecule has 0 heterocycles. The van der Waals surface area contributed by atoms with Crippen molar-refractivity contribution in [2.24, 2.45) is 0 Å². The van der Waals surface area contributed by atoms with E-state index in [-0.39, 0.29) is 0 Å². The first-order chi connectivity index (χ1) is 8.60. The van der Waals surface area contributed by atoms with Crippen LogP contribution in [0.25, 0.3) is 0 Å². The van der Waals surface area contributed by atoms with Gasteiger partial charge >= 0.3 is 5.97 Å². The molecule has 0 aliphatic rings. The minimum absolute atomic E-state index is 0.360. The number of hydrogen-bond acceptors (Lipinski definition) is 4. The molecule has 3 unspecified atom stereocenters. The molecule has 1 aromatic carbocycles. The highest BCUT2D eigenvalue weighted by Crippen LogP contribution is 2.12. The summed E-state index contributed by atoms with van der Waals surface area (Å²) in [6.45, 7) is 1.73. The van der Waals surface area contributed by atoms with Gasteiger partial charge in [-0.05, 0) is 18.6 Å². The van der Waals surface area contributed by atoms with Crippen LogP contribution in [0.3, 0.4) is 0 Å². The summed E-state index contributed by atoms with van der Waals surface area (Å²) >= 11 is 0. The molecule has 4 heteroatoms. The minimum Gasteiger partial charge on any atom is -0.456 e. The van der Waals surface area contributed by atoms with Gasteiger partial charge in [-0.1, -0.05) is 31.0 Å². The number of hydrogen-bond donors (Lipinski definition) is 2. The Hall–Kier alpha value is -1.83. The van der Waals surface area contributed by atoms with Crippen LogP contribution in [-0.4, -0.2) is 34.5 Å². The monoisotopic (exact) mass is 248 g/mol. The van der Waals surface area contributed by atoms with Gasteiger partial charge in [-0.15, -0.1) is 6.42 Å². The zero-order valence-corrected chi connectivity index (χ0v) is 10.1. The number of benzene rings is 1. The second kappa shape index (κ2) is 6.80. The van der Waals surface area contributed by atoms with Gasteiger partial charge in [0.05, 0.1) is 5.56 Å². The molecule has 0 aromatic heterocycles. The number of carbonyl (C=O) groups excluding carboxylic acids is 1. The molecule has 1 rings (SSSR count). The van der Waals surface area contributed by atoms with Crippen molar-refractivity contribution in [3.05, 3.63) is 35.9 Å². The third kappa shape index (κ3) is 3.59. The van der Waals surface area contributed by atoms with Crippen LogP contribution in [0.2, 0.25) is 0 Å². The molecule has 0 aliphatic heterocycles. The predicted molar refractivity (Wildman–Crippen MR) is 66.8 cm³/mol. The van der Waals surface area contributed by atoms with Gasteiger partial charge in [-0.2, -0.15) is 0 Å². The van der Waals surface area contributed by atoms with Crippen molar-refractivity contribution in [1.29, 1.82) is 0 Å². The van der Waals surface area contributed by atoms with E-state index < -0.39 is 24.3 Å². The number of esters is 1. The first kappa shape index (κ1) is 14.2. The topological polar surface area (TPSA) is 66.8 Å². The van der Waals surface area contributed by atoms with E-state index in [4.69, 9.17) is 11.2 Å². The molecular formula is C14H16O4. The summed E-state index contributed by atoms with van der Waals surface area (Å²) in [6.07, 6.45) is 1.90. The third-order valence-corrected chi connectivity index (χ3v) is 2.55. The van der Waals surface area contributed by atoms with Crippen molar-refractivity contribution in [2.45, 2.75) is 31.7 Å². The molecule has 0 amide bonds. The lowest BCUT2D eigenvalue weighted by Crippen LogP contribution is -2.39. The fourth-order valence-corrected chi connectivity index (χ4v) is 1.48. The maximum atomic E-state index is 11.8. The SMILES string of the molecule is C#CC(O)C(O)C(CC)OC(=O)c1ccccc1. The summed E-state index contributed by atoms with van der Waals surface area (Å²) in [5.74, 6) is 1.46. The number of ether oxygens (including phenoxy) is 1. The van der Waals surface area contributed by atoms with E-state index in [1.54, 1.807) is 37.3 Å². The molecule has 0 bridgehead atoms. The highest BCUT2D eigenvalue weighted by Gasteiger charge is 2.27. The molecule has 0 radical (unpaired) electrons. The van der Waals surface area contributed by atoms with Gasteiger partial charge in [-0.3, -0.25) is 0 Å². The van der Waals surface area contributed by atoms with Crippen LogP contribution < -0.4 is 0 Å². The zero-order valence-electron chi connectivity index (χ0n) is 10.1. The Morgan fingerprint density at radius 3 is 2.50 bits per heavy atom. The molecule has 4 nitrogen and oxygen atoms in total. The number of carbonyl (C=O) groups is 1. The molecule has 0 saturated heterocycles. The minimum atomic E-state index is -1.35. The van der Waals surface area contributed by atoms with Gasteiger partial charge in [0.1, 0.15) is 18.3 Å². The molecule has 0 saturated carbocycles. The molecule has 96 valence electrons. The largest absolute Gasteiger partial charge is 0.456 e. The Labute approximate surface area is 106 Å². The Bertz CT molecular complexity index is 421. The van der Waals surface area contributed by atoms with E-state index in [0.29, 0.717) is 12.0 Å². The normalized spacial score (nSPS) is 15.2. The van der Waals surface area contributed by atoms with E-state index in [9.17, 15) is 15.0 Å². The fraction of sp³-hybridized carbons (Fsp3) is 0.357. The first-order valence-corrected chi connectivity index (χ1v) is 5.68. The van der Waals surface area contributed by atoms with E-state index in [1.807, 2.05) is 5.92 Å². The summed E-state index contributed by atoms with van der Waals surface area (Å²) in [4.78, 5) is 11.8. The van der Waals surface area contributed by atoms with Crippen LogP contribution in [0.5, 0.6) is 0 Å². The summed E-state index contributed by atoms with van der Waals surface area (Å²) in [5, 5.41) is 19.0. The average molecular weight is 248 g/mol. The number of aliphatic hydroxyl groups is 2. The summed E-state index contributed by atoms with van der Waals surface area (Å²) in [7, 11) is 0. The van der Waals surface area contributed by atoms with Gasteiger partial charge in [0.15, 0.2) is 0 Å². The standard InChI is InChI=1S/C14H16O4/c1-3-11(15)13(16)12(4-2)18-14(17)10-8-6-5-7-9-10/h1,5-9,11-13,15-16H,4H2,2H3. The highest BCUT2D eigenvalue weighted by molar-refractivity contribution is 5.89. The van der Waals surface area contributed by atoms with Gasteiger partial charge in [-0.25, -0.2) is 4.79 Å². The lowest BCUT2D eigenvalue weighted by molar-refractivity contribution is -0.0546. The number of aliphatic hydroxyl groups excluding tert-OH is 2. The van der Waals surface area contributed by atoms with Crippen LogP contribution in [0, 0.1) is 12.3 Å². The average Bonchev–Trinajstić information content (AvgIpc) is 2.43. The lowest BCUT2D eigenvalue weighted by atomic mass is 10.1. The Balaban J connectivity index is 2.70. The number of terminal acetylenes is 1. The summed E-state index contributed by atoms with van der Waals surface area (Å²) in [6, 6.07) is 8.43. The van der Waals surface area contributed by atoms with Crippen molar-refractivity contribution < 1.29 is 19.7 Å². The Kier molecular flexibility index (Phi) is 5.37. The van der Waals surface area contributed by atoms with E-state index in [1.165, 1.54) is 0 Å². The fourth-order valence-electron chi connectivity index (χ4n) is 1.48. The lowest BCUT2D eigenvalue weighted by Gasteiger charge is -2.23. The first-order valence-electron chi connectivity index (χ1n) is 5.68. The molecule has 2 N–H and O–H groups in total. The molecule has 1 aromatic rings. The highest BCUT2D eigenvalue weighted by atomic mass is 16.6. The molecule has 0 aliphatic carbocycles. The van der Waals surface area contributed by atoms with Crippen LogP contribution in [0.4, 0.5) is 0 Å². The van der Waals surface area contributed by atoms with Crippen molar-refractivity contribution >= 4 is 5.97 Å². The second-order valence-corrected chi connectivity index (χ2v) is 3.82. The Morgan fingerprint density at radius 1 is 1.39 bits per heavy atom. The van der Waals surface area contributed by atoms with Crippen molar-refractivity contribution in [2.75, 3.05) is 0 Å². The molecule has 0 spiro atoms.